The Morgan fingerprint density at radius 2 is 1.79 bits per heavy atom. The first-order chi connectivity index (χ1) is 16.2. The largest absolute Gasteiger partial charge is 0.433 e. The molecule has 8 nitrogen and oxygen atoms in total. The summed E-state index contributed by atoms with van der Waals surface area (Å²) < 4.78 is 40.2. The lowest BCUT2D eigenvalue weighted by Crippen LogP contribution is -2.48. The summed E-state index contributed by atoms with van der Waals surface area (Å²) in [6, 6.07) is 6.09. The maximum Gasteiger partial charge on any atom is 0.433 e. The Kier molecular flexibility index (Phi) is 6.62. The van der Waals surface area contributed by atoms with Crippen molar-refractivity contribution in [2.24, 2.45) is 0 Å². The standard InChI is InChI=1S/C23H23F3N6O2/c1-16(33)31-6-8-32(9-7-31)19-3-2-18(28-12-19)11-20(34)13-30-14-21(29-15-30)17-4-5-27-22(10-17)23(24,25)26/h2-5,10,12,14-15H,6-9,11,13H2,1H3. The molecule has 3 aromatic rings. The van der Waals surface area contributed by atoms with E-state index < -0.39 is 11.9 Å². The monoisotopic (exact) mass is 472 g/mol. The summed E-state index contributed by atoms with van der Waals surface area (Å²) in [5.74, 6) is -0.0338. The van der Waals surface area contributed by atoms with Gasteiger partial charge in [-0.3, -0.25) is 19.6 Å². The number of pyridine rings is 2. The summed E-state index contributed by atoms with van der Waals surface area (Å²) in [4.78, 5) is 39.8. The van der Waals surface area contributed by atoms with Crippen LogP contribution in [0.25, 0.3) is 11.3 Å². The number of carbonyl (C=O) groups is 2. The molecule has 0 N–H and O–H groups in total. The van der Waals surface area contributed by atoms with Gasteiger partial charge in [-0.2, -0.15) is 13.2 Å². The van der Waals surface area contributed by atoms with Crippen molar-refractivity contribution in [1.29, 1.82) is 0 Å². The average molecular weight is 472 g/mol. The van der Waals surface area contributed by atoms with Crippen molar-refractivity contribution in [3.8, 4) is 11.3 Å². The molecule has 1 fully saturated rings. The summed E-state index contributed by atoms with van der Waals surface area (Å²) in [6.45, 7) is 4.38. The lowest BCUT2D eigenvalue weighted by atomic mass is 10.1. The lowest BCUT2D eigenvalue weighted by Gasteiger charge is -2.35. The molecule has 0 radical (unpaired) electrons. The highest BCUT2D eigenvalue weighted by Crippen LogP contribution is 2.30. The molecule has 11 heteroatoms. The van der Waals surface area contributed by atoms with Gasteiger partial charge in [-0.1, -0.05) is 0 Å². The molecular weight excluding hydrogens is 449 g/mol. The van der Waals surface area contributed by atoms with Gasteiger partial charge in [0.15, 0.2) is 5.78 Å². The summed E-state index contributed by atoms with van der Waals surface area (Å²) in [7, 11) is 0. The van der Waals surface area contributed by atoms with E-state index in [4.69, 9.17) is 0 Å². The van der Waals surface area contributed by atoms with Gasteiger partial charge in [0.05, 0.1) is 36.9 Å². The normalized spacial score (nSPS) is 14.4. The fourth-order valence-corrected chi connectivity index (χ4v) is 3.79. The topological polar surface area (TPSA) is 84.2 Å². The molecule has 0 unspecified atom stereocenters. The van der Waals surface area contributed by atoms with E-state index in [0.29, 0.717) is 24.5 Å². The third-order valence-electron chi connectivity index (χ3n) is 5.62. The third-order valence-corrected chi connectivity index (χ3v) is 5.62. The smallest absolute Gasteiger partial charge is 0.367 e. The van der Waals surface area contributed by atoms with E-state index in [9.17, 15) is 22.8 Å². The van der Waals surface area contributed by atoms with Gasteiger partial charge in [0.1, 0.15) is 5.69 Å². The zero-order chi connectivity index (χ0) is 24.3. The first-order valence-electron chi connectivity index (χ1n) is 10.7. The molecule has 0 saturated carbocycles. The molecule has 1 aliphatic heterocycles. The second-order valence-electron chi connectivity index (χ2n) is 8.08. The number of Topliss-reactive ketones (excluding diaryl/α,β-unsaturated/α-hetero) is 1. The molecule has 0 aromatic carbocycles. The van der Waals surface area contributed by atoms with Crippen LogP contribution in [0.15, 0.2) is 49.2 Å². The Labute approximate surface area is 194 Å². The molecule has 1 saturated heterocycles. The molecule has 0 aliphatic carbocycles. The minimum Gasteiger partial charge on any atom is -0.367 e. The minimum atomic E-state index is -4.54. The number of amides is 1. The number of piperazine rings is 1. The number of aromatic nitrogens is 4. The SMILES string of the molecule is CC(=O)N1CCN(c2ccc(CC(=O)Cn3cnc(-c4ccnc(C(F)(F)F)c4)c3)nc2)CC1. The number of carbonyl (C=O) groups excluding carboxylic acids is 2. The number of ketones is 1. The molecule has 4 rings (SSSR count). The molecule has 1 amide bonds. The Balaban J connectivity index is 1.33. The van der Waals surface area contributed by atoms with Crippen LogP contribution in [0.3, 0.4) is 0 Å². The Morgan fingerprint density at radius 3 is 2.44 bits per heavy atom. The number of nitrogens with zero attached hydrogens (tertiary/aromatic N) is 6. The predicted octanol–water partition coefficient (Wildman–Crippen LogP) is 2.84. The number of anilines is 1. The van der Waals surface area contributed by atoms with Crippen LogP contribution in [0.1, 0.15) is 18.3 Å². The molecule has 0 bridgehead atoms. The van der Waals surface area contributed by atoms with Gasteiger partial charge < -0.3 is 14.4 Å². The van der Waals surface area contributed by atoms with Gasteiger partial charge in [-0.25, -0.2) is 4.98 Å². The lowest BCUT2D eigenvalue weighted by molar-refractivity contribution is -0.141. The second-order valence-corrected chi connectivity index (χ2v) is 8.08. The van der Waals surface area contributed by atoms with Crippen molar-refractivity contribution < 1.29 is 22.8 Å². The van der Waals surface area contributed by atoms with E-state index in [1.54, 1.807) is 19.2 Å². The van der Waals surface area contributed by atoms with E-state index in [1.807, 2.05) is 11.0 Å². The van der Waals surface area contributed by atoms with Crippen molar-refractivity contribution in [3.63, 3.8) is 0 Å². The van der Waals surface area contributed by atoms with Crippen molar-refractivity contribution in [2.75, 3.05) is 31.1 Å². The second kappa shape index (κ2) is 9.62. The molecule has 34 heavy (non-hydrogen) atoms. The molecule has 4 heterocycles. The van der Waals surface area contributed by atoms with Crippen molar-refractivity contribution in [3.05, 3.63) is 60.6 Å². The molecule has 0 atom stereocenters. The quantitative estimate of drug-likeness (QED) is 0.549. The molecule has 178 valence electrons. The first kappa shape index (κ1) is 23.4. The summed E-state index contributed by atoms with van der Waals surface area (Å²) in [5, 5.41) is 0. The van der Waals surface area contributed by atoms with Crippen molar-refractivity contribution in [2.45, 2.75) is 26.1 Å². The van der Waals surface area contributed by atoms with Crippen LogP contribution in [0, 0.1) is 0 Å². The Bertz CT molecular complexity index is 1170. The van der Waals surface area contributed by atoms with Gasteiger partial charge in [-0.05, 0) is 24.3 Å². The van der Waals surface area contributed by atoms with Crippen LogP contribution >= 0.6 is 0 Å². The summed E-state index contributed by atoms with van der Waals surface area (Å²) in [6.07, 6.45) is 1.34. The fourth-order valence-electron chi connectivity index (χ4n) is 3.79. The number of imidazole rings is 1. The Morgan fingerprint density at radius 1 is 1.03 bits per heavy atom. The van der Waals surface area contributed by atoms with E-state index >= 15 is 0 Å². The van der Waals surface area contributed by atoms with Crippen LogP contribution < -0.4 is 4.90 Å². The predicted molar refractivity (Wildman–Crippen MR) is 118 cm³/mol. The molecule has 3 aromatic heterocycles. The first-order valence-corrected chi connectivity index (χ1v) is 10.7. The van der Waals surface area contributed by atoms with E-state index in [-0.39, 0.29) is 30.2 Å². The molecule has 1 aliphatic rings. The molecular formula is C23H23F3N6O2. The van der Waals surface area contributed by atoms with E-state index in [2.05, 4.69) is 19.9 Å². The van der Waals surface area contributed by atoms with Gasteiger partial charge in [0.25, 0.3) is 0 Å². The highest BCUT2D eigenvalue weighted by Gasteiger charge is 2.32. The zero-order valence-corrected chi connectivity index (χ0v) is 18.5. The minimum absolute atomic E-state index is 0.0284. The average Bonchev–Trinajstić information content (AvgIpc) is 3.27. The van der Waals surface area contributed by atoms with Crippen LogP contribution in [0.5, 0.6) is 0 Å². The number of alkyl halides is 3. The van der Waals surface area contributed by atoms with Gasteiger partial charge in [0.2, 0.25) is 5.91 Å². The van der Waals surface area contributed by atoms with E-state index in [1.165, 1.54) is 23.2 Å². The van der Waals surface area contributed by atoms with Crippen LogP contribution in [0.2, 0.25) is 0 Å². The maximum absolute atomic E-state index is 12.9. The van der Waals surface area contributed by atoms with E-state index in [0.717, 1.165) is 31.0 Å². The van der Waals surface area contributed by atoms with Gasteiger partial charge in [0, 0.05) is 56.8 Å². The zero-order valence-electron chi connectivity index (χ0n) is 18.5. The number of hydrogen-bond acceptors (Lipinski definition) is 6. The summed E-state index contributed by atoms with van der Waals surface area (Å²) in [5.41, 5.74) is 1.17. The number of halogens is 3. The Hall–Kier alpha value is -3.76. The molecule has 0 spiro atoms. The van der Waals surface area contributed by atoms with Crippen LogP contribution in [-0.4, -0.2) is 62.3 Å². The summed E-state index contributed by atoms with van der Waals surface area (Å²) >= 11 is 0. The van der Waals surface area contributed by atoms with Crippen molar-refractivity contribution in [1.82, 2.24) is 24.4 Å². The van der Waals surface area contributed by atoms with Gasteiger partial charge in [-0.15, -0.1) is 0 Å². The maximum atomic E-state index is 12.9. The highest BCUT2D eigenvalue weighted by molar-refractivity contribution is 5.80. The van der Waals surface area contributed by atoms with Crippen molar-refractivity contribution >= 4 is 17.4 Å². The van der Waals surface area contributed by atoms with Gasteiger partial charge >= 0.3 is 6.18 Å². The van der Waals surface area contributed by atoms with Crippen LogP contribution in [-0.2, 0) is 28.7 Å². The highest BCUT2D eigenvalue weighted by atomic mass is 19.4. The number of rotatable bonds is 6. The van der Waals surface area contributed by atoms with Crippen LogP contribution in [0.4, 0.5) is 18.9 Å². The fraction of sp³-hybridized carbons (Fsp3) is 0.348. The third kappa shape index (κ3) is 5.59. The number of hydrogen-bond donors (Lipinski definition) is 0.